The molecule has 0 spiro atoms. The lowest BCUT2D eigenvalue weighted by atomic mass is 10.2. The van der Waals surface area contributed by atoms with Gasteiger partial charge in [-0.3, -0.25) is 19.5 Å². The average Bonchev–Trinajstić information content (AvgIpc) is 3.82. The number of hydrogen-bond acceptors (Lipinski definition) is 5. The third-order valence-electron chi connectivity index (χ3n) is 6.49. The molecule has 2 aromatic carbocycles. The van der Waals surface area contributed by atoms with Gasteiger partial charge in [-0.1, -0.05) is 23.7 Å². The zero-order valence-corrected chi connectivity index (χ0v) is 21.1. The first kappa shape index (κ1) is 24.2. The number of nitrogens with one attached hydrogen (secondary N) is 1. The summed E-state index contributed by atoms with van der Waals surface area (Å²) in [4.78, 5) is 32.4. The molecule has 2 amide bonds. The van der Waals surface area contributed by atoms with Crippen molar-refractivity contribution >= 4 is 29.4 Å². The predicted molar refractivity (Wildman–Crippen MR) is 138 cm³/mol. The second-order valence-corrected chi connectivity index (χ2v) is 9.79. The Morgan fingerprint density at radius 3 is 2.42 bits per heavy atom. The highest BCUT2D eigenvalue weighted by atomic mass is 35.5. The van der Waals surface area contributed by atoms with E-state index in [9.17, 15) is 9.59 Å². The first-order valence-corrected chi connectivity index (χ1v) is 12.5. The van der Waals surface area contributed by atoms with Crippen molar-refractivity contribution in [1.29, 1.82) is 0 Å². The Labute approximate surface area is 215 Å². The number of rotatable bonds is 10. The number of carbonyl (C=O) groups excluding carboxylic acids is 2. The highest BCUT2D eigenvalue weighted by Crippen LogP contribution is 2.35. The van der Waals surface area contributed by atoms with E-state index in [-0.39, 0.29) is 24.3 Å². The number of halogens is 1. The molecule has 0 saturated heterocycles. The van der Waals surface area contributed by atoms with E-state index in [1.165, 1.54) is 0 Å². The van der Waals surface area contributed by atoms with Crippen molar-refractivity contribution in [3.63, 3.8) is 0 Å². The van der Waals surface area contributed by atoms with Crippen LogP contribution in [0.2, 0.25) is 5.02 Å². The molecular weight excluding hydrogens is 480 g/mol. The summed E-state index contributed by atoms with van der Waals surface area (Å²) in [5.41, 5.74) is 2.26. The fraction of sp³-hybridized carbons (Fsp3) is 0.370. The zero-order chi connectivity index (χ0) is 25.2. The monoisotopic (exact) mass is 508 g/mol. The number of amides is 2. The minimum absolute atomic E-state index is 0.0148. The van der Waals surface area contributed by atoms with Crippen LogP contribution < -0.4 is 14.8 Å². The number of aromatic nitrogens is 2. The third kappa shape index (κ3) is 5.49. The van der Waals surface area contributed by atoms with E-state index >= 15 is 0 Å². The fourth-order valence-electron chi connectivity index (χ4n) is 4.17. The molecule has 2 aliphatic rings. The van der Waals surface area contributed by atoms with Gasteiger partial charge in [0, 0.05) is 35.3 Å². The summed E-state index contributed by atoms with van der Waals surface area (Å²) in [6, 6.07) is 12.8. The summed E-state index contributed by atoms with van der Waals surface area (Å²) >= 11 is 6.06. The molecule has 5 rings (SSSR count). The minimum Gasteiger partial charge on any atom is -0.493 e. The van der Waals surface area contributed by atoms with Crippen LogP contribution in [0.3, 0.4) is 0 Å². The number of methoxy groups -OCH3 is 2. The number of anilines is 1. The van der Waals surface area contributed by atoms with E-state index in [0.29, 0.717) is 40.6 Å². The minimum atomic E-state index is -0.278. The number of nitrogens with zero attached hydrogens (tertiary/aromatic N) is 3. The molecule has 36 heavy (non-hydrogen) atoms. The van der Waals surface area contributed by atoms with Crippen LogP contribution in [0.1, 0.15) is 25.7 Å². The van der Waals surface area contributed by atoms with Crippen molar-refractivity contribution in [2.75, 3.05) is 32.6 Å². The maximum absolute atomic E-state index is 13.1. The normalized spacial score (nSPS) is 14.9. The van der Waals surface area contributed by atoms with E-state index in [1.807, 2.05) is 30.5 Å². The van der Waals surface area contributed by atoms with E-state index in [2.05, 4.69) is 5.32 Å². The van der Waals surface area contributed by atoms with Gasteiger partial charge in [0.15, 0.2) is 11.5 Å². The average molecular weight is 509 g/mol. The summed E-state index contributed by atoms with van der Waals surface area (Å²) in [5.74, 6) is 1.88. The van der Waals surface area contributed by atoms with Crippen molar-refractivity contribution in [3.05, 3.63) is 53.7 Å². The first-order valence-electron chi connectivity index (χ1n) is 12.1. The largest absolute Gasteiger partial charge is 0.493 e. The van der Waals surface area contributed by atoms with E-state index in [0.717, 1.165) is 36.9 Å². The lowest BCUT2D eigenvalue weighted by molar-refractivity contribution is -0.136. The third-order valence-corrected chi connectivity index (χ3v) is 6.74. The summed E-state index contributed by atoms with van der Waals surface area (Å²) < 4.78 is 12.6. The SMILES string of the molecule is COc1ccc(-n2cc(-c3ccc(Cl)cc3)nc2NC(=O)CN(CC2CC2)C(=O)C2CC2)cc1OC. The molecule has 0 atom stereocenters. The fourth-order valence-corrected chi connectivity index (χ4v) is 4.30. The van der Waals surface area contributed by atoms with Gasteiger partial charge in [-0.15, -0.1) is 0 Å². The molecule has 8 nitrogen and oxygen atoms in total. The number of ether oxygens (including phenoxy) is 2. The summed E-state index contributed by atoms with van der Waals surface area (Å²) in [6.45, 7) is 0.657. The molecule has 0 aliphatic heterocycles. The van der Waals surface area contributed by atoms with Crippen LogP contribution >= 0.6 is 11.6 Å². The van der Waals surface area contributed by atoms with Crippen molar-refractivity contribution in [3.8, 4) is 28.4 Å². The summed E-state index contributed by atoms with van der Waals surface area (Å²) in [7, 11) is 3.15. The van der Waals surface area contributed by atoms with Gasteiger partial charge in [-0.05, 0) is 55.9 Å². The Kier molecular flexibility index (Phi) is 6.87. The van der Waals surface area contributed by atoms with E-state index in [1.54, 1.807) is 41.9 Å². The van der Waals surface area contributed by atoms with Crippen LogP contribution in [-0.2, 0) is 9.59 Å². The Morgan fingerprint density at radius 2 is 1.78 bits per heavy atom. The molecule has 1 heterocycles. The maximum atomic E-state index is 13.1. The molecule has 188 valence electrons. The molecule has 0 unspecified atom stereocenters. The Bertz CT molecular complexity index is 1270. The smallest absolute Gasteiger partial charge is 0.246 e. The highest BCUT2D eigenvalue weighted by Gasteiger charge is 2.36. The van der Waals surface area contributed by atoms with Crippen molar-refractivity contribution < 1.29 is 19.1 Å². The summed E-state index contributed by atoms with van der Waals surface area (Å²) in [6.07, 6.45) is 5.90. The van der Waals surface area contributed by atoms with Crippen LogP contribution in [-0.4, -0.2) is 53.6 Å². The topological polar surface area (TPSA) is 85.7 Å². The Hall–Kier alpha value is -3.52. The van der Waals surface area contributed by atoms with Crippen molar-refractivity contribution in [2.45, 2.75) is 25.7 Å². The Morgan fingerprint density at radius 1 is 1.06 bits per heavy atom. The van der Waals surface area contributed by atoms with Gasteiger partial charge in [0.25, 0.3) is 0 Å². The van der Waals surface area contributed by atoms with Crippen LogP contribution in [0.15, 0.2) is 48.7 Å². The second kappa shape index (κ2) is 10.2. The first-order chi connectivity index (χ1) is 17.4. The molecule has 2 aliphatic carbocycles. The molecule has 9 heteroatoms. The van der Waals surface area contributed by atoms with Gasteiger partial charge in [0.2, 0.25) is 17.8 Å². The number of benzene rings is 2. The number of imidazole rings is 1. The molecule has 0 radical (unpaired) electrons. The molecule has 1 aromatic heterocycles. The molecule has 2 fully saturated rings. The maximum Gasteiger partial charge on any atom is 0.246 e. The molecule has 3 aromatic rings. The molecule has 0 bridgehead atoms. The predicted octanol–water partition coefficient (Wildman–Crippen LogP) is 4.80. The van der Waals surface area contributed by atoms with Crippen LogP contribution in [0.5, 0.6) is 11.5 Å². The molecule has 1 N–H and O–H groups in total. The quantitative estimate of drug-likeness (QED) is 0.425. The van der Waals surface area contributed by atoms with Gasteiger partial charge in [0.05, 0.1) is 32.1 Å². The second-order valence-electron chi connectivity index (χ2n) is 9.35. The van der Waals surface area contributed by atoms with Gasteiger partial charge in [-0.25, -0.2) is 4.98 Å². The van der Waals surface area contributed by atoms with E-state index < -0.39 is 0 Å². The summed E-state index contributed by atoms with van der Waals surface area (Å²) in [5, 5.41) is 3.56. The van der Waals surface area contributed by atoms with E-state index in [4.69, 9.17) is 26.1 Å². The number of carbonyl (C=O) groups is 2. The zero-order valence-electron chi connectivity index (χ0n) is 20.4. The lowest BCUT2D eigenvalue weighted by Crippen LogP contribution is -2.40. The standard InChI is InChI=1S/C27H29ClN4O4/c1-35-23-12-11-21(13-24(23)36-2)32-15-22(18-7-9-20(28)10-8-18)29-27(32)30-25(33)16-31(14-17-3-4-17)26(34)19-5-6-19/h7-13,15,17,19H,3-6,14,16H2,1-2H3,(H,29,30,33). The van der Waals surface area contributed by atoms with Gasteiger partial charge < -0.3 is 14.4 Å². The van der Waals surface area contributed by atoms with Gasteiger partial charge in [-0.2, -0.15) is 0 Å². The van der Waals surface area contributed by atoms with Crippen LogP contribution in [0.4, 0.5) is 5.95 Å². The van der Waals surface area contributed by atoms with Gasteiger partial charge in [0.1, 0.15) is 0 Å². The lowest BCUT2D eigenvalue weighted by Gasteiger charge is -2.22. The highest BCUT2D eigenvalue weighted by molar-refractivity contribution is 6.30. The van der Waals surface area contributed by atoms with Gasteiger partial charge >= 0.3 is 0 Å². The van der Waals surface area contributed by atoms with Crippen LogP contribution in [0, 0.1) is 11.8 Å². The molecule has 2 saturated carbocycles. The van der Waals surface area contributed by atoms with Crippen LogP contribution in [0.25, 0.3) is 16.9 Å². The van der Waals surface area contributed by atoms with Crippen molar-refractivity contribution in [1.82, 2.24) is 14.5 Å². The Balaban J connectivity index is 1.44. The number of hydrogen-bond donors (Lipinski definition) is 1. The van der Waals surface area contributed by atoms with Crippen molar-refractivity contribution in [2.24, 2.45) is 11.8 Å². The molecular formula is C27H29ClN4O4.